The van der Waals surface area contributed by atoms with Gasteiger partial charge in [0, 0.05) is 82.2 Å². The van der Waals surface area contributed by atoms with Crippen LogP contribution in [0.25, 0.3) is 176 Å². The number of para-hydroxylation sites is 4. The number of rotatable bonds is 8. The molecule has 19 aromatic rings. The van der Waals surface area contributed by atoms with E-state index in [0.29, 0.717) is 0 Å². The van der Waals surface area contributed by atoms with Crippen molar-refractivity contribution in [3.8, 4) is 67.3 Å². The van der Waals surface area contributed by atoms with Crippen LogP contribution in [0.15, 0.2) is 283 Å². The zero-order valence-corrected chi connectivity index (χ0v) is 70.3. The van der Waals surface area contributed by atoms with Crippen LogP contribution in [0.1, 0.15) is 158 Å². The normalized spacial score (nSPS) is 17.7. The van der Waals surface area contributed by atoms with E-state index in [0.717, 1.165) is 55.6 Å². The van der Waals surface area contributed by atoms with Gasteiger partial charge in [-0.05, 0) is 261 Å². The number of aromatic nitrogens is 4. The highest BCUT2D eigenvalue weighted by molar-refractivity contribution is 6.19. The van der Waals surface area contributed by atoms with E-state index in [1.54, 1.807) is 0 Å². The maximum absolute atomic E-state index is 7.13. The predicted molar refractivity (Wildman–Crippen MR) is 492 cm³/mol. The summed E-state index contributed by atoms with van der Waals surface area (Å²) in [6.07, 6.45) is 0. The Morgan fingerprint density at radius 1 is 0.207 bits per heavy atom. The molecule has 0 saturated heterocycles. The third-order valence-electron chi connectivity index (χ3n) is 32.8. The molecule has 5 heterocycles. The number of nitrogens with zero attached hydrogens (tertiary/aromatic N) is 4. The van der Waals surface area contributed by atoms with Gasteiger partial charge in [0.05, 0.1) is 44.1 Å². The van der Waals surface area contributed by atoms with Crippen LogP contribution in [-0.2, 0) is 32.5 Å². The lowest BCUT2D eigenvalue weighted by Gasteiger charge is -2.44. The molecular formula is C111H100N4O. The molecule has 0 atom stereocenters. The second-order valence-electron chi connectivity index (χ2n) is 39.4. The van der Waals surface area contributed by atoms with E-state index in [1.165, 1.54) is 154 Å². The smallest absolute Gasteiger partial charge is 0.143 e. The van der Waals surface area contributed by atoms with Gasteiger partial charge in [0.25, 0.3) is 0 Å². The summed E-state index contributed by atoms with van der Waals surface area (Å²) >= 11 is 0. The Hall–Kier alpha value is -11.9. The minimum Gasteiger partial charge on any atom is -0.455 e. The van der Waals surface area contributed by atoms with E-state index >= 15 is 0 Å². The Balaban J connectivity index is 0.635. The maximum Gasteiger partial charge on any atom is 0.143 e. The number of fused-ring (bicyclic) bond motifs is 19. The molecule has 116 heavy (non-hydrogen) atoms. The molecule has 22 rings (SSSR count). The Labute approximate surface area is 680 Å². The molecule has 5 heteroatoms. The summed E-state index contributed by atoms with van der Waals surface area (Å²) in [4.78, 5) is 0. The van der Waals surface area contributed by atoms with Crippen LogP contribution in [0.3, 0.4) is 0 Å². The van der Waals surface area contributed by atoms with Gasteiger partial charge in [-0.2, -0.15) is 0 Å². The van der Waals surface area contributed by atoms with Crippen LogP contribution < -0.4 is 0 Å². The summed E-state index contributed by atoms with van der Waals surface area (Å²) < 4.78 is 17.1. The molecule has 0 amide bonds. The highest BCUT2D eigenvalue weighted by Gasteiger charge is 2.60. The van der Waals surface area contributed by atoms with Gasteiger partial charge in [-0.1, -0.05) is 264 Å². The van der Waals surface area contributed by atoms with Crippen molar-refractivity contribution in [2.45, 2.75) is 157 Å². The van der Waals surface area contributed by atoms with Gasteiger partial charge in [0.1, 0.15) is 11.2 Å². The summed E-state index contributed by atoms with van der Waals surface area (Å²) in [6.45, 7) is 44.4. The average Bonchev–Trinajstić information content (AvgIpc) is 1.53. The van der Waals surface area contributed by atoms with Gasteiger partial charge in [-0.25, -0.2) is 0 Å². The van der Waals surface area contributed by atoms with Crippen molar-refractivity contribution < 1.29 is 4.42 Å². The van der Waals surface area contributed by atoms with Crippen molar-refractivity contribution in [1.82, 2.24) is 18.3 Å². The molecule has 14 aromatic carbocycles. The molecule has 0 unspecified atom stereocenters. The fourth-order valence-corrected chi connectivity index (χ4v) is 22.7. The van der Waals surface area contributed by atoms with E-state index in [2.05, 4.69) is 422 Å². The summed E-state index contributed by atoms with van der Waals surface area (Å²) in [5, 5.41) is 12.4. The van der Waals surface area contributed by atoms with Crippen LogP contribution in [-0.4, -0.2) is 18.3 Å². The number of hydrogen-bond acceptors (Lipinski definition) is 1. The van der Waals surface area contributed by atoms with E-state index in [-0.39, 0.29) is 48.7 Å². The first-order valence-electron chi connectivity index (χ1n) is 42.0. The third-order valence-corrected chi connectivity index (χ3v) is 32.8. The van der Waals surface area contributed by atoms with Gasteiger partial charge >= 0.3 is 0 Å². The fraction of sp³-hybridized carbons (Fsp3) is 0.243. The van der Waals surface area contributed by atoms with E-state index < -0.39 is 0 Å². The third kappa shape index (κ3) is 8.91. The maximum atomic E-state index is 7.13. The molecule has 0 radical (unpaired) electrons. The van der Waals surface area contributed by atoms with E-state index in [4.69, 9.17) is 4.42 Å². The van der Waals surface area contributed by atoms with Gasteiger partial charge in [-0.15, -0.1) is 0 Å². The standard InChI is InChI=1S/C111H100N4O/c1-103(2)85-50-55-95-100(101(85)108(11,12)111(103,17)18)84-60-69(47-54-94(84)113(95)71-31-21-19-22-32-71)68-46-53-93-81(59-68)83-62-87-89(107(9,10)110(15,16)105(87,5)6)64-97(83)115(93)74-35-27-30-70(56-74)75-37-29-41-98-99(75)78-39-28-38-76(102(78)116-98)65-42-48-73(49-43-65)112-90-40-26-25-36-77(90)79-57-66(44-51-91(79)112)67-45-52-92-80(58-67)82-61-86-88(106(7,8)109(13,14)104(86,3)4)63-96(82)114(92)72-33-23-20-24-34-72/h19-64H,1-18H3. The molecular weight excluding hydrogens is 1410 g/mol. The highest BCUT2D eigenvalue weighted by atomic mass is 16.3. The molecule has 0 aliphatic heterocycles. The van der Waals surface area contributed by atoms with Gasteiger partial charge in [0.15, 0.2) is 0 Å². The predicted octanol–water partition coefficient (Wildman–Crippen LogP) is 30.4. The van der Waals surface area contributed by atoms with Crippen LogP contribution in [0.5, 0.6) is 0 Å². The lowest BCUT2D eigenvalue weighted by atomic mass is 9.59. The van der Waals surface area contributed by atoms with Gasteiger partial charge in [-0.3, -0.25) is 0 Å². The Morgan fingerprint density at radius 2 is 0.578 bits per heavy atom. The SMILES string of the molecule is CC1(C)c2cc3c4cc(-c5ccc6c(c5)c5ccccc5n6-c5ccc(-c6cccc7c6oc6cccc(-c8cccc(-n9c%10ccc(-c%11ccc%12c(c%11)c%11c%13c(ccc%11n%12-c%11ccccc%11)C(C)(C)C(C)(C)C%13(C)C)cc%10c%10cc%11c(cc%109)C(C)(C)C(C)(C)C%11(C)C)c8)c67)cc5)ccc4n(-c4ccccc4)c3cc2C(C)(C)C1(C)C. The zero-order valence-electron chi connectivity index (χ0n) is 70.3. The van der Waals surface area contributed by atoms with Crippen LogP contribution in [0.2, 0.25) is 0 Å². The second kappa shape index (κ2) is 23.2. The average molecular weight is 1510 g/mol. The molecule has 0 N–H and O–H groups in total. The molecule has 5 nitrogen and oxygen atoms in total. The number of furan rings is 1. The minimum absolute atomic E-state index is 0.00525. The Bertz CT molecular complexity index is 7500. The quantitative estimate of drug-likeness (QED) is 0.149. The molecule has 3 aliphatic carbocycles. The molecule has 0 spiro atoms. The Morgan fingerprint density at radius 3 is 1.13 bits per heavy atom. The number of benzene rings is 14. The monoisotopic (exact) mass is 1500 g/mol. The lowest BCUT2D eigenvalue weighted by Crippen LogP contribution is -2.42. The first-order chi connectivity index (χ1) is 55.3. The zero-order chi connectivity index (χ0) is 80.0. The first kappa shape index (κ1) is 70.7. The van der Waals surface area contributed by atoms with Crippen molar-refractivity contribution in [3.63, 3.8) is 0 Å². The molecule has 0 bridgehead atoms. The topological polar surface area (TPSA) is 32.9 Å². The van der Waals surface area contributed by atoms with Crippen LogP contribution in [0.4, 0.5) is 0 Å². The summed E-state index contributed by atoms with van der Waals surface area (Å²) in [5.41, 5.74) is 33.8. The first-order valence-corrected chi connectivity index (χ1v) is 42.0. The number of hydrogen-bond donors (Lipinski definition) is 0. The summed E-state index contributed by atoms with van der Waals surface area (Å²) in [7, 11) is 0. The summed E-state index contributed by atoms with van der Waals surface area (Å²) in [6, 6.07) is 106. The van der Waals surface area contributed by atoms with Crippen molar-refractivity contribution >= 4 is 109 Å². The summed E-state index contributed by atoms with van der Waals surface area (Å²) in [5.74, 6) is 0. The lowest BCUT2D eigenvalue weighted by molar-refractivity contribution is 0.125. The fourth-order valence-electron chi connectivity index (χ4n) is 22.7. The molecule has 3 aliphatic rings. The highest BCUT2D eigenvalue weighted by Crippen LogP contribution is 2.66. The van der Waals surface area contributed by atoms with Crippen molar-refractivity contribution in [2.75, 3.05) is 0 Å². The van der Waals surface area contributed by atoms with Gasteiger partial charge in [0.2, 0.25) is 0 Å². The van der Waals surface area contributed by atoms with Crippen LogP contribution in [0, 0.1) is 16.2 Å². The largest absolute Gasteiger partial charge is 0.455 e. The minimum atomic E-state index is -0.0973. The molecule has 5 aromatic heterocycles. The van der Waals surface area contributed by atoms with Crippen molar-refractivity contribution in [3.05, 3.63) is 312 Å². The van der Waals surface area contributed by atoms with Crippen LogP contribution >= 0.6 is 0 Å². The molecule has 0 fully saturated rings. The van der Waals surface area contributed by atoms with Crippen molar-refractivity contribution in [2.24, 2.45) is 16.2 Å². The Kier molecular flexibility index (Phi) is 14.1. The second-order valence-corrected chi connectivity index (χ2v) is 39.4. The van der Waals surface area contributed by atoms with E-state index in [9.17, 15) is 0 Å². The van der Waals surface area contributed by atoms with E-state index in [1.807, 2.05) is 0 Å². The van der Waals surface area contributed by atoms with Crippen molar-refractivity contribution in [1.29, 1.82) is 0 Å². The van der Waals surface area contributed by atoms with Gasteiger partial charge < -0.3 is 22.7 Å². The molecule has 570 valence electrons. The molecule has 0 saturated carbocycles.